The fraction of sp³-hybridized carbons (Fsp3) is 0.533. The molecule has 1 saturated carbocycles. The van der Waals surface area contributed by atoms with Crippen molar-refractivity contribution >= 4 is 11.6 Å². The largest absolute Gasteiger partial charge is 0.391 e. The van der Waals surface area contributed by atoms with Gasteiger partial charge in [-0.3, -0.25) is 4.79 Å². The fourth-order valence-electron chi connectivity index (χ4n) is 2.49. The van der Waals surface area contributed by atoms with E-state index in [1.54, 1.807) is 11.0 Å². The first-order valence-corrected chi connectivity index (χ1v) is 6.95. The predicted molar refractivity (Wildman–Crippen MR) is 76.5 cm³/mol. The van der Waals surface area contributed by atoms with E-state index in [0.717, 1.165) is 19.3 Å². The summed E-state index contributed by atoms with van der Waals surface area (Å²) in [5.74, 6) is -1.00. The van der Waals surface area contributed by atoms with Gasteiger partial charge in [-0.1, -0.05) is 12.8 Å². The summed E-state index contributed by atoms with van der Waals surface area (Å²) in [5.41, 5.74) is 0.727. The first kappa shape index (κ1) is 14.8. The third-order valence-corrected chi connectivity index (χ3v) is 3.76. The van der Waals surface area contributed by atoms with Crippen molar-refractivity contribution in [3.8, 4) is 0 Å². The van der Waals surface area contributed by atoms with E-state index in [1.165, 1.54) is 12.1 Å². The molecule has 1 aromatic rings. The number of nitrogens with one attached hydrogen (secondary N) is 1. The van der Waals surface area contributed by atoms with Gasteiger partial charge in [-0.05, 0) is 31.0 Å². The number of aliphatic hydroxyl groups is 1. The molecule has 1 fully saturated rings. The van der Waals surface area contributed by atoms with Crippen molar-refractivity contribution in [1.82, 2.24) is 5.32 Å². The first-order valence-electron chi connectivity index (χ1n) is 6.95. The Hall–Kier alpha value is -1.62. The predicted octanol–water partition coefficient (Wildman–Crippen LogP) is 1.93. The zero-order valence-electron chi connectivity index (χ0n) is 11.9. The number of carbonyl (C=O) groups excluding carboxylic acids is 1. The second-order valence-corrected chi connectivity index (χ2v) is 5.49. The van der Waals surface area contributed by atoms with Crippen LogP contribution in [0.5, 0.6) is 0 Å². The van der Waals surface area contributed by atoms with E-state index in [2.05, 4.69) is 5.32 Å². The van der Waals surface area contributed by atoms with Crippen LogP contribution in [0.15, 0.2) is 18.2 Å². The first-order chi connectivity index (χ1) is 9.49. The molecule has 2 atom stereocenters. The van der Waals surface area contributed by atoms with Crippen LogP contribution in [0.4, 0.5) is 10.1 Å². The molecule has 1 aromatic carbocycles. The van der Waals surface area contributed by atoms with Crippen LogP contribution >= 0.6 is 0 Å². The van der Waals surface area contributed by atoms with Crippen molar-refractivity contribution in [2.24, 2.45) is 0 Å². The van der Waals surface area contributed by atoms with Crippen molar-refractivity contribution in [1.29, 1.82) is 0 Å². The van der Waals surface area contributed by atoms with Crippen molar-refractivity contribution in [2.45, 2.75) is 37.8 Å². The highest BCUT2D eigenvalue weighted by atomic mass is 19.1. The average molecular weight is 280 g/mol. The molecule has 0 saturated heterocycles. The maximum absolute atomic E-state index is 14.0. The van der Waals surface area contributed by atoms with Gasteiger partial charge in [0, 0.05) is 19.8 Å². The summed E-state index contributed by atoms with van der Waals surface area (Å²) in [6.45, 7) is 0. The van der Waals surface area contributed by atoms with Gasteiger partial charge in [-0.2, -0.15) is 0 Å². The van der Waals surface area contributed by atoms with Crippen molar-refractivity contribution < 1.29 is 14.3 Å². The molecule has 2 rings (SSSR count). The monoisotopic (exact) mass is 280 g/mol. The van der Waals surface area contributed by atoms with Gasteiger partial charge in [-0.25, -0.2) is 4.39 Å². The van der Waals surface area contributed by atoms with Crippen LogP contribution in [0.2, 0.25) is 0 Å². The van der Waals surface area contributed by atoms with Crippen LogP contribution in [-0.2, 0) is 0 Å². The molecule has 0 bridgehead atoms. The lowest BCUT2D eigenvalue weighted by Crippen LogP contribution is -2.45. The molecule has 0 aliphatic heterocycles. The number of carbonyl (C=O) groups is 1. The molecule has 1 aliphatic carbocycles. The van der Waals surface area contributed by atoms with Crippen LogP contribution in [0, 0.1) is 5.82 Å². The summed E-state index contributed by atoms with van der Waals surface area (Å²) in [6, 6.07) is 4.25. The third kappa shape index (κ3) is 3.28. The number of anilines is 1. The number of nitrogens with zero attached hydrogens (tertiary/aromatic N) is 1. The van der Waals surface area contributed by atoms with E-state index in [-0.39, 0.29) is 11.6 Å². The van der Waals surface area contributed by atoms with Crippen LogP contribution < -0.4 is 10.2 Å². The summed E-state index contributed by atoms with van der Waals surface area (Å²) in [4.78, 5) is 13.9. The quantitative estimate of drug-likeness (QED) is 0.889. The molecule has 0 aromatic heterocycles. The molecule has 20 heavy (non-hydrogen) atoms. The molecule has 0 spiro atoms. The lowest BCUT2D eigenvalue weighted by atomic mass is 9.92. The van der Waals surface area contributed by atoms with E-state index < -0.39 is 17.8 Å². The zero-order chi connectivity index (χ0) is 14.7. The van der Waals surface area contributed by atoms with Gasteiger partial charge in [-0.15, -0.1) is 0 Å². The minimum atomic E-state index is -0.543. The maximum atomic E-state index is 14.0. The van der Waals surface area contributed by atoms with E-state index in [4.69, 9.17) is 0 Å². The topological polar surface area (TPSA) is 52.6 Å². The van der Waals surface area contributed by atoms with E-state index in [1.807, 2.05) is 14.1 Å². The summed E-state index contributed by atoms with van der Waals surface area (Å²) in [5, 5.41) is 12.6. The number of hydrogen-bond donors (Lipinski definition) is 2. The van der Waals surface area contributed by atoms with Gasteiger partial charge in [0.05, 0.1) is 17.7 Å². The van der Waals surface area contributed by atoms with E-state index in [0.29, 0.717) is 12.1 Å². The molecule has 1 amide bonds. The number of amides is 1. The minimum absolute atomic E-state index is 0.0216. The van der Waals surface area contributed by atoms with Gasteiger partial charge < -0.3 is 15.3 Å². The summed E-state index contributed by atoms with van der Waals surface area (Å²) >= 11 is 0. The van der Waals surface area contributed by atoms with Gasteiger partial charge in [0.25, 0.3) is 5.91 Å². The normalized spacial score (nSPS) is 22.4. The second kappa shape index (κ2) is 6.22. The Morgan fingerprint density at radius 1 is 1.35 bits per heavy atom. The highest BCUT2D eigenvalue weighted by molar-refractivity contribution is 5.95. The van der Waals surface area contributed by atoms with Crippen LogP contribution in [-0.4, -0.2) is 37.3 Å². The Labute approximate surface area is 118 Å². The smallest absolute Gasteiger partial charge is 0.254 e. The fourth-order valence-corrected chi connectivity index (χ4v) is 2.49. The van der Waals surface area contributed by atoms with Gasteiger partial charge in [0.1, 0.15) is 5.82 Å². The molecule has 2 unspecified atom stereocenters. The number of benzene rings is 1. The van der Waals surface area contributed by atoms with Crippen molar-refractivity contribution in [2.75, 3.05) is 19.0 Å². The standard InChI is InChI=1S/C15H21FN2O2/c1-18(2)10-7-8-11(12(16)9-10)15(20)17-13-5-3-4-6-14(13)19/h7-9,13-14,19H,3-6H2,1-2H3,(H,17,20). The Morgan fingerprint density at radius 2 is 2.05 bits per heavy atom. The van der Waals surface area contributed by atoms with Crippen LogP contribution in [0.3, 0.4) is 0 Å². The summed E-state index contributed by atoms with van der Waals surface area (Å²) in [6.07, 6.45) is 2.85. The lowest BCUT2D eigenvalue weighted by Gasteiger charge is -2.28. The highest BCUT2D eigenvalue weighted by Crippen LogP contribution is 2.20. The number of halogens is 1. The SMILES string of the molecule is CN(C)c1ccc(C(=O)NC2CCCCC2O)c(F)c1. The van der Waals surface area contributed by atoms with Crippen LogP contribution in [0.25, 0.3) is 0 Å². The molecule has 0 radical (unpaired) electrons. The van der Waals surface area contributed by atoms with Crippen LogP contribution in [0.1, 0.15) is 36.0 Å². The molecule has 0 heterocycles. The number of aliphatic hydroxyl groups excluding tert-OH is 1. The number of hydrogen-bond acceptors (Lipinski definition) is 3. The molecule has 1 aliphatic rings. The Kier molecular flexibility index (Phi) is 4.60. The van der Waals surface area contributed by atoms with E-state index >= 15 is 0 Å². The average Bonchev–Trinajstić information content (AvgIpc) is 2.41. The zero-order valence-corrected chi connectivity index (χ0v) is 11.9. The molecule has 110 valence electrons. The summed E-state index contributed by atoms with van der Waals surface area (Å²) in [7, 11) is 3.62. The Morgan fingerprint density at radius 3 is 2.65 bits per heavy atom. The second-order valence-electron chi connectivity index (χ2n) is 5.49. The van der Waals surface area contributed by atoms with Gasteiger partial charge in [0.15, 0.2) is 0 Å². The lowest BCUT2D eigenvalue weighted by molar-refractivity contribution is 0.0714. The third-order valence-electron chi connectivity index (χ3n) is 3.76. The Balaban J connectivity index is 2.09. The Bertz CT molecular complexity index is 491. The van der Waals surface area contributed by atoms with Gasteiger partial charge in [0.2, 0.25) is 0 Å². The molecular formula is C15H21FN2O2. The van der Waals surface area contributed by atoms with E-state index in [9.17, 15) is 14.3 Å². The molecule has 2 N–H and O–H groups in total. The molecular weight excluding hydrogens is 259 g/mol. The minimum Gasteiger partial charge on any atom is -0.391 e. The number of rotatable bonds is 3. The van der Waals surface area contributed by atoms with Gasteiger partial charge >= 0.3 is 0 Å². The van der Waals surface area contributed by atoms with Crippen molar-refractivity contribution in [3.05, 3.63) is 29.6 Å². The maximum Gasteiger partial charge on any atom is 0.254 e. The molecule has 4 nitrogen and oxygen atoms in total. The van der Waals surface area contributed by atoms with Crippen molar-refractivity contribution in [3.63, 3.8) is 0 Å². The highest BCUT2D eigenvalue weighted by Gasteiger charge is 2.25. The summed E-state index contributed by atoms with van der Waals surface area (Å²) < 4.78 is 14.0. The molecule has 5 heteroatoms.